The molecule has 0 saturated carbocycles. The second-order valence-corrected chi connectivity index (χ2v) is 7.04. The van der Waals surface area contributed by atoms with Crippen molar-refractivity contribution in [2.24, 2.45) is 0 Å². The second-order valence-electron chi connectivity index (χ2n) is 7.04. The molecule has 0 amide bonds. The first-order chi connectivity index (χ1) is 14.2. The topological polar surface area (TPSA) is 43.7 Å². The highest BCUT2D eigenvalue weighted by atomic mass is 16.3. The lowest BCUT2D eigenvalue weighted by Gasteiger charge is -2.28. The largest absolute Gasteiger partial charge is 0.508 e. The van der Waals surface area contributed by atoms with Gasteiger partial charge >= 0.3 is 0 Å². The molecule has 3 heteroatoms. The van der Waals surface area contributed by atoms with Gasteiger partial charge in [-0.3, -0.25) is 0 Å². The summed E-state index contributed by atoms with van der Waals surface area (Å²) in [6.45, 7) is 0. The Morgan fingerprint density at radius 2 is 0.897 bits per heavy atom. The Labute approximate surface area is 168 Å². The van der Waals surface area contributed by atoms with Crippen LogP contribution in [0.4, 0.5) is 17.1 Å². The quantitative estimate of drug-likeness (QED) is 0.337. The molecule has 5 aromatic rings. The Morgan fingerprint density at radius 3 is 1.34 bits per heavy atom. The normalized spacial score (nSPS) is 11.0. The number of aromatic hydroxyl groups is 2. The minimum atomic E-state index is 0.224. The van der Waals surface area contributed by atoms with Gasteiger partial charge in [-0.25, -0.2) is 0 Å². The summed E-state index contributed by atoms with van der Waals surface area (Å²) in [5.41, 5.74) is 2.92. The van der Waals surface area contributed by atoms with E-state index >= 15 is 0 Å². The molecule has 0 fully saturated rings. The SMILES string of the molecule is Oc1ccc(N(c2ccc(O)cc2)c2c3ccccc3cc3ccccc23)cc1. The number of benzene rings is 5. The first kappa shape index (κ1) is 17.1. The Bertz CT molecular complexity index is 1210. The van der Waals surface area contributed by atoms with E-state index in [1.165, 1.54) is 0 Å². The fourth-order valence-corrected chi connectivity index (χ4v) is 3.84. The van der Waals surface area contributed by atoms with E-state index in [-0.39, 0.29) is 11.5 Å². The lowest BCUT2D eigenvalue weighted by atomic mass is 9.99. The number of nitrogens with zero attached hydrogens (tertiary/aromatic N) is 1. The number of hydrogen-bond acceptors (Lipinski definition) is 3. The number of phenolic OH excluding ortho intramolecular Hbond substituents is 2. The molecule has 0 aromatic heterocycles. The number of fused-ring (bicyclic) bond motifs is 2. The zero-order valence-corrected chi connectivity index (χ0v) is 15.7. The first-order valence-corrected chi connectivity index (χ1v) is 9.49. The van der Waals surface area contributed by atoms with Crippen LogP contribution in [0.2, 0.25) is 0 Å². The van der Waals surface area contributed by atoms with Crippen molar-refractivity contribution in [2.45, 2.75) is 0 Å². The third-order valence-corrected chi connectivity index (χ3v) is 5.18. The van der Waals surface area contributed by atoms with Gasteiger partial charge in [-0.15, -0.1) is 0 Å². The second kappa shape index (κ2) is 6.88. The first-order valence-electron chi connectivity index (χ1n) is 9.49. The molecular weight excluding hydrogens is 358 g/mol. The minimum absolute atomic E-state index is 0.224. The van der Waals surface area contributed by atoms with Crippen molar-refractivity contribution in [3.05, 3.63) is 103 Å². The number of anilines is 3. The summed E-state index contributed by atoms with van der Waals surface area (Å²) in [4.78, 5) is 2.17. The maximum absolute atomic E-state index is 9.81. The van der Waals surface area contributed by atoms with Crippen LogP contribution >= 0.6 is 0 Å². The van der Waals surface area contributed by atoms with Crippen molar-refractivity contribution in [2.75, 3.05) is 4.90 Å². The predicted octanol–water partition coefficient (Wildman–Crippen LogP) is 6.87. The Balaban J connectivity index is 1.89. The standard InChI is InChI=1S/C26H19NO2/c28-22-13-9-20(10-14-22)27(21-11-15-23(29)16-12-21)26-24-7-3-1-5-18(24)17-19-6-2-4-8-25(19)26/h1-17,28-29H. The van der Waals surface area contributed by atoms with Crippen molar-refractivity contribution in [1.82, 2.24) is 0 Å². The monoisotopic (exact) mass is 377 g/mol. The van der Waals surface area contributed by atoms with Crippen LogP contribution < -0.4 is 4.90 Å². The zero-order valence-electron chi connectivity index (χ0n) is 15.7. The van der Waals surface area contributed by atoms with Crippen molar-refractivity contribution >= 4 is 38.6 Å². The maximum atomic E-state index is 9.81. The predicted molar refractivity (Wildman–Crippen MR) is 119 cm³/mol. The van der Waals surface area contributed by atoms with Gasteiger partial charge in [0.2, 0.25) is 0 Å². The van der Waals surface area contributed by atoms with Crippen LogP contribution in [0.3, 0.4) is 0 Å². The highest BCUT2D eigenvalue weighted by molar-refractivity contribution is 6.14. The third-order valence-electron chi connectivity index (χ3n) is 5.18. The molecule has 0 aliphatic heterocycles. The Hall–Kier alpha value is -3.98. The molecular formula is C26H19NO2. The summed E-state index contributed by atoms with van der Waals surface area (Å²) in [6.07, 6.45) is 0. The molecule has 2 N–H and O–H groups in total. The van der Waals surface area contributed by atoms with Crippen LogP contribution in [0, 0.1) is 0 Å². The average molecular weight is 377 g/mol. The molecule has 0 saturated heterocycles. The van der Waals surface area contributed by atoms with E-state index in [0.717, 1.165) is 38.6 Å². The van der Waals surface area contributed by atoms with Crippen molar-refractivity contribution in [1.29, 1.82) is 0 Å². The van der Waals surface area contributed by atoms with Crippen molar-refractivity contribution in [3.63, 3.8) is 0 Å². The maximum Gasteiger partial charge on any atom is 0.115 e. The molecule has 0 atom stereocenters. The minimum Gasteiger partial charge on any atom is -0.508 e. The molecule has 5 aromatic carbocycles. The van der Waals surface area contributed by atoms with Crippen LogP contribution in [-0.4, -0.2) is 10.2 Å². The summed E-state index contributed by atoms with van der Waals surface area (Å²) in [6, 6.07) is 33.3. The van der Waals surface area contributed by atoms with Crippen LogP contribution in [0.1, 0.15) is 0 Å². The van der Waals surface area contributed by atoms with E-state index in [0.29, 0.717) is 0 Å². The lowest BCUT2D eigenvalue weighted by Crippen LogP contribution is -2.11. The summed E-state index contributed by atoms with van der Waals surface area (Å²) in [5, 5.41) is 24.2. The van der Waals surface area contributed by atoms with Crippen molar-refractivity contribution in [3.8, 4) is 11.5 Å². The van der Waals surface area contributed by atoms with E-state index in [4.69, 9.17) is 0 Å². The van der Waals surface area contributed by atoms with Crippen LogP contribution in [0.5, 0.6) is 11.5 Å². The molecule has 3 nitrogen and oxygen atoms in total. The number of rotatable bonds is 3. The van der Waals surface area contributed by atoms with E-state index < -0.39 is 0 Å². The van der Waals surface area contributed by atoms with E-state index in [1.807, 2.05) is 48.5 Å². The average Bonchev–Trinajstić information content (AvgIpc) is 2.76. The highest BCUT2D eigenvalue weighted by Crippen LogP contribution is 2.44. The zero-order chi connectivity index (χ0) is 19.8. The van der Waals surface area contributed by atoms with E-state index in [1.54, 1.807) is 24.3 Å². The molecule has 0 radical (unpaired) electrons. The number of hydrogen-bond donors (Lipinski definition) is 2. The van der Waals surface area contributed by atoms with Gasteiger partial charge in [0.05, 0.1) is 5.69 Å². The van der Waals surface area contributed by atoms with E-state index in [9.17, 15) is 10.2 Å². The fraction of sp³-hybridized carbons (Fsp3) is 0. The molecule has 0 aliphatic rings. The van der Waals surface area contributed by atoms with Gasteiger partial charge in [-0.05, 0) is 65.4 Å². The van der Waals surface area contributed by atoms with Gasteiger partial charge in [-0.2, -0.15) is 0 Å². The molecule has 0 heterocycles. The van der Waals surface area contributed by atoms with Crippen LogP contribution in [0.25, 0.3) is 21.5 Å². The van der Waals surface area contributed by atoms with Crippen LogP contribution in [-0.2, 0) is 0 Å². The lowest BCUT2D eigenvalue weighted by molar-refractivity contribution is 0.475. The number of phenols is 2. The summed E-state index contributed by atoms with van der Waals surface area (Å²) in [5.74, 6) is 0.448. The molecule has 0 spiro atoms. The van der Waals surface area contributed by atoms with Gasteiger partial charge in [-0.1, -0.05) is 48.5 Å². The molecule has 29 heavy (non-hydrogen) atoms. The smallest absolute Gasteiger partial charge is 0.115 e. The van der Waals surface area contributed by atoms with Gasteiger partial charge in [0, 0.05) is 22.1 Å². The fourth-order valence-electron chi connectivity index (χ4n) is 3.84. The van der Waals surface area contributed by atoms with Gasteiger partial charge in [0.1, 0.15) is 11.5 Å². The molecule has 140 valence electrons. The molecule has 0 bridgehead atoms. The highest BCUT2D eigenvalue weighted by Gasteiger charge is 2.18. The van der Waals surface area contributed by atoms with Gasteiger partial charge < -0.3 is 15.1 Å². The van der Waals surface area contributed by atoms with Crippen LogP contribution in [0.15, 0.2) is 103 Å². The van der Waals surface area contributed by atoms with Gasteiger partial charge in [0.25, 0.3) is 0 Å². The molecule has 0 aliphatic carbocycles. The molecule has 5 rings (SSSR count). The summed E-state index contributed by atoms with van der Waals surface area (Å²) in [7, 11) is 0. The Kier molecular flexibility index (Phi) is 4.07. The third kappa shape index (κ3) is 3.03. The molecule has 0 unspecified atom stereocenters. The van der Waals surface area contributed by atoms with Gasteiger partial charge in [0.15, 0.2) is 0 Å². The Morgan fingerprint density at radius 1 is 0.483 bits per heavy atom. The van der Waals surface area contributed by atoms with E-state index in [2.05, 4.69) is 35.2 Å². The van der Waals surface area contributed by atoms with Crippen molar-refractivity contribution < 1.29 is 10.2 Å². The summed E-state index contributed by atoms with van der Waals surface area (Å²) < 4.78 is 0. The summed E-state index contributed by atoms with van der Waals surface area (Å²) >= 11 is 0.